The van der Waals surface area contributed by atoms with Crippen molar-refractivity contribution in [3.8, 4) is 0 Å². The Labute approximate surface area is 128 Å². The molecule has 0 aromatic heterocycles. The number of nitrogens with one attached hydrogen (secondary N) is 1. The van der Waals surface area contributed by atoms with Gasteiger partial charge < -0.3 is 10.2 Å². The largest absolute Gasteiger partial charge is 0.306 e. The van der Waals surface area contributed by atoms with Gasteiger partial charge in [0.25, 0.3) is 0 Å². The second-order valence-electron chi connectivity index (χ2n) is 6.51. The number of rotatable bonds is 6. The molecule has 2 heterocycles. The minimum Gasteiger partial charge on any atom is -0.306 e. The smallest absolute Gasteiger partial charge is 0.247 e. The third kappa shape index (κ3) is 3.83. The number of piperidine rings is 1. The third-order valence-corrected chi connectivity index (χ3v) is 4.87. The van der Waals surface area contributed by atoms with Gasteiger partial charge in [-0.2, -0.15) is 0 Å². The Morgan fingerprint density at radius 2 is 2.00 bits per heavy atom. The van der Waals surface area contributed by atoms with Crippen molar-refractivity contribution in [2.75, 3.05) is 26.7 Å². The summed E-state index contributed by atoms with van der Waals surface area (Å²) in [5.74, 6) is 0.568. The van der Waals surface area contributed by atoms with E-state index in [1.807, 2.05) is 13.8 Å². The first-order valence-electron chi connectivity index (χ1n) is 8.34. The second kappa shape index (κ2) is 7.36. The van der Waals surface area contributed by atoms with Crippen LogP contribution in [0.5, 0.6) is 0 Å². The highest BCUT2D eigenvalue weighted by molar-refractivity contribution is 6.05. The number of carbonyl (C=O) groups excluding carboxylic acids is 2. The van der Waals surface area contributed by atoms with Gasteiger partial charge in [-0.05, 0) is 51.7 Å². The van der Waals surface area contributed by atoms with E-state index in [1.54, 1.807) is 0 Å². The first-order chi connectivity index (χ1) is 10.1. The zero-order valence-corrected chi connectivity index (χ0v) is 13.6. The average molecular weight is 295 g/mol. The molecule has 0 aromatic rings. The third-order valence-electron chi connectivity index (χ3n) is 4.87. The van der Waals surface area contributed by atoms with Crippen LogP contribution >= 0.6 is 0 Å². The number of nitrogens with zero attached hydrogens (tertiary/aromatic N) is 2. The maximum atomic E-state index is 12.4. The summed E-state index contributed by atoms with van der Waals surface area (Å²) >= 11 is 0. The van der Waals surface area contributed by atoms with Crippen LogP contribution in [-0.2, 0) is 9.59 Å². The summed E-state index contributed by atoms with van der Waals surface area (Å²) in [5, 5.41) is 3.35. The fourth-order valence-electron chi connectivity index (χ4n) is 3.60. The van der Waals surface area contributed by atoms with E-state index in [2.05, 4.69) is 17.3 Å². The van der Waals surface area contributed by atoms with Gasteiger partial charge in [0.15, 0.2) is 0 Å². The Morgan fingerprint density at radius 1 is 1.29 bits per heavy atom. The molecule has 2 aliphatic heterocycles. The molecule has 0 spiro atoms. The SMILES string of the molecule is CCC(CC)N1C(=O)CC(NCC2CCCN(C)C2)C1=O. The van der Waals surface area contributed by atoms with Gasteiger partial charge >= 0.3 is 0 Å². The van der Waals surface area contributed by atoms with Crippen LogP contribution in [-0.4, -0.2) is 60.4 Å². The van der Waals surface area contributed by atoms with Gasteiger partial charge in [-0.1, -0.05) is 13.8 Å². The molecule has 5 nitrogen and oxygen atoms in total. The van der Waals surface area contributed by atoms with Crippen molar-refractivity contribution in [2.24, 2.45) is 5.92 Å². The number of hydrogen-bond acceptors (Lipinski definition) is 4. The number of imide groups is 1. The van der Waals surface area contributed by atoms with E-state index < -0.39 is 0 Å². The van der Waals surface area contributed by atoms with E-state index >= 15 is 0 Å². The number of likely N-dealkylation sites (tertiary alicyclic amines) is 2. The number of amides is 2. The van der Waals surface area contributed by atoms with Crippen LogP contribution in [0.4, 0.5) is 0 Å². The van der Waals surface area contributed by atoms with Gasteiger partial charge in [0.05, 0.1) is 12.5 Å². The lowest BCUT2D eigenvalue weighted by Gasteiger charge is -2.30. The van der Waals surface area contributed by atoms with Gasteiger partial charge in [0, 0.05) is 12.6 Å². The van der Waals surface area contributed by atoms with Crippen molar-refractivity contribution in [1.82, 2.24) is 15.1 Å². The van der Waals surface area contributed by atoms with E-state index in [9.17, 15) is 9.59 Å². The first-order valence-corrected chi connectivity index (χ1v) is 8.34. The number of hydrogen-bond donors (Lipinski definition) is 1. The van der Waals surface area contributed by atoms with Crippen LogP contribution < -0.4 is 5.32 Å². The predicted molar refractivity (Wildman–Crippen MR) is 82.9 cm³/mol. The molecule has 1 N–H and O–H groups in total. The minimum absolute atomic E-state index is 0.00744. The van der Waals surface area contributed by atoms with Crippen LogP contribution in [0.1, 0.15) is 46.0 Å². The Hall–Kier alpha value is -0.940. The highest BCUT2D eigenvalue weighted by Gasteiger charge is 2.41. The molecule has 2 rings (SSSR count). The van der Waals surface area contributed by atoms with Crippen LogP contribution in [0.15, 0.2) is 0 Å². The topological polar surface area (TPSA) is 52.7 Å². The maximum Gasteiger partial charge on any atom is 0.247 e. The lowest BCUT2D eigenvalue weighted by molar-refractivity contribution is -0.141. The van der Waals surface area contributed by atoms with Gasteiger partial charge in [0.1, 0.15) is 0 Å². The Kier molecular flexibility index (Phi) is 5.76. The highest BCUT2D eigenvalue weighted by atomic mass is 16.2. The highest BCUT2D eigenvalue weighted by Crippen LogP contribution is 2.21. The molecule has 0 bridgehead atoms. The van der Waals surface area contributed by atoms with Crippen LogP contribution in [0.3, 0.4) is 0 Å². The van der Waals surface area contributed by atoms with Crippen LogP contribution in [0.2, 0.25) is 0 Å². The average Bonchev–Trinajstić information content (AvgIpc) is 2.74. The van der Waals surface area contributed by atoms with E-state index in [0.717, 1.165) is 25.9 Å². The molecule has 2 unspecified atom stereocenters. The second-order valence-corrected chi connectivity index (χ2v) is 6.51. The molecule has 2 saturated heterocycles. The predicted octanol–water partition coefficient (Wildman–Crippen LogP) is 1.23. The maximum absolute atomic E-state index is 12.4. The van der Waals surface area contributed by atoms with E-state index in [0.29, 0.717) is 12.3 Å². The van der Waals surface area contributed by atoms with Crippen LogP contribution in [0, 0.1) is 5.92 Å². The van der Waals surface area contributed by atoms with E-state index in [-0.39, 0.29) is 23.9 Å². The van der Waals surface area contributed by atoms with Crippen molar-refractivity contribution < 1.29 is 9.59 Å². The Bertz CT molecular complexity index is 382. The zero-order chi connectivity index (χ0) is 15.4. The van der Waals surface area contributed by atoms with Crippen molar-refractivity contribution in [3.63, 3.8) is 0 Å². The molecular formula is C16H29N3O2. The molecule has 0 aliphatic carbocycles. The summed E-state index contributed by atoms with van der Waals surface area (Å²) in [4.78, 5) is 28.4. The minimum atomic E-state index is -0.301. The van der Waals surface area contributed by atoms with Gasteiger partial charge in [-0.25, -0.2) is 0 Å². The Morgan fingerprint density at radius 3 is 2.62 bits per heavy atom. The molecule has 0 saturated carbocycles. The van der Waals surface area contributed by atoms with Gasteiger partial charge in [-0.3, -0.25) is 14.5 Å². The van der Waals surface area contributed by atoms with Gasteiger partial charge in [-0.15, -0.1) is 0 Å². The van der Waals surface area contributed by atoms with Crippen molar-refractivity contribution >= 4 is 11.8 Å². The molecule has 5 heteroatoms. The summed E-state index contributed by atoms with van der Waals surface area (Å²) in [6.07, 6.45) is 4.45. The fourth-order valence-corrected chi connectivity index (χ4v) is 3.60. The van der Waals surface area contributed by atoms with E-state index in [1.165, 1.54) is 24.3 Å². The lowest BCUT2D eigenvalue weighted by atomic mass is 9.98. The van der Waals surface area contributed by atoms with Crippen molar-refractivity contribution in [3.05, 3.63) is 0 Å². The molecule has 0 radical (unpaired) electrons. The molecule has 120 valence electrons. The summed E-state index contributed by atoms with van der Waals surface area (Å²) < 4.78 is 0. The molecule has 0 aromatic carbocycles. The van der Waals surface area contributed by atoms with Crippen molar-refractivity contribution in [2.45, 2.75) is 58.0 Å². The molecule has 2 amide bonds. The molecule has 2 atom stereocenters. The summed E-state index contributed by atoms with van der Waals surface area (Å²) in [6, 6.07) is -0.233. The quantitative estimate of drug-likeness (QED) is 0.749. The molecule has 2 fully saturated rings. The fraction of sp³-hybridized carbons (Fsp3) is 0.875. The summed E-state index contributed by atoms with van der Waals surface area (Å²) in [5.41, 5.74) is 0. The zero-order valence-electron chi connectivity index (χ0n) is 13.6. The summed E-state index contributed by atoms with van der Waals surface area (Å²) in [6.45, 7) is 7.16. The first kappa shape index (κ1) is 16.4. The van der Waals surface area contributed by atoms with Gasteiger partial charge in [0.2, 0.25) is 11.8 Å². The molecule has 21 heavy (non-hydrogen) atoms. The normalized spacial score (nSPS) is 27.9. The standard InChI is InChI=1S/C16H29N3O2/c1-4-13(5-2)19-15(20)9-14(16(19)21)17-10-12-7-6-8-18(3)11-12/h12-14,17H,4-11H2,1-3H3. The monoisotopic (exact) mass is 295 g/mol. The lowest BCUT2D eigenvalue weighted by Crippen LogP contribution is -2.46. The van der Waals surface area contributed by atoms with Crippen molar-refractivity contribution in [1.29, 1.82) is 0 Å². The summed E-state index contributed by atoms with van der Waals surface area (Å²) in [7, 11) is 2.14. The number of carbonyl (C=O) groups is 2. The van der Waals surface area contributed by atoms with Crippen LogP contribution in [0.25, 0.3) is 0 Å². The molecule has 2 aliphatic rings. The Balaban J connectivity index is 1.87. The molecular weight excluding hydrogens is 266 g/mol. The van der Waals surface area contributed by atoms with E-state index in [4.69, 9.17) is 0 Å².